The Hall–Kier alpha value is -3.78. The first-order valence-corrected chi connectivity index (χ1v) is 10.3. The number of H-pyrrole nitrogens is 1. The van der Waals surface area contributed by atoms with E-state index >= 15 is 0 Å². The molecule has 0 fully saturated rings. The van der Waals surface area contributed by atoms with Crippen molar-refractivity contribution in [1.29, 1.82) is 0 Å². The van der Waals surface area contributed by atoms with E-state index in [0.717, 1.165) is 10.9 Å². The highest BCUT2D eigenvalue weighted by Crippen LogP contribution is 2.36. The number of halogens is 1. The second-order valence-electron chi connectivity index (χ2n) is 7.37. The van der Waals surface area contributed by atoms with Crippen molar-refractivity contribution in [1.82, 2.24) is 4.98 Å². The van der Waals surface area contributed by atoms with Crippen molar-refractivity contribution in [2.24, 2.45) is 4.99 Å². The predicted octanol–water partition coefficient (Wildman–Crippen LogP) is 2.10. The number of nitrogens with one attached hydrogen (secondary N) is 1. The van der Waals surface area contributed by atoms with Crippen LogP contribution in [0.2, 0.25) is 0 Å². The smallest absolute Gasteiger partial charge is 0.356 e. The molecule has 0 bridgehead atoms. The van der Waals surface area contributed by atoms with E-state index in [1.54, 1.807) is 24.2 Å². The van der Waals surface area contributed by atoms with Crippen molar-refractivity contribution in [3.8, 4) is 11.5 Å². The zero-order chi connectivity index (χ0) is 22.6. The predicted molar refractivity (Wildman–Crippen MR) is 121 cm³/mol. The average Bonchev–Trinajstić information content (AvgIpc) is 3.54. The van der Waals surface area contributed by atoms with E-state index in [-0.39, 0.29) is 35.5 Å². The molecule has 2 N–H and O–H groups in total. The first-order chi connectivity index (χ1) is 15.5. The van der Waals surface area contributed by atoms with Crippen molar-refractivity contribution in [3.63, 3.8) is 0 Å². The maximum absolute atomic E-state index is 13.4. The number of aromatic nitrogens is 1. The van der Waals surface area contributed by atoms with E-state index in [2.05, 4.69) is 9.98 Å². The van der Waals surface area contributed by atoms with Crippen molar-refractivity contribution in [2.75, 3.05) is 25.7 Å². The van der Waals surface area contributed by atoms with Crippen LogP contribution in [0.5, 0.6) is 11.5 Å². The highest BCUT2D eigenvalue weighted by molar-refractivity contribution is 6.49. The van der Waals surface area contributed by atoms with Gasteiger partial charge in [-0.25, -0.2) is 9.79 Å². The number of benzene rings is 2. The van der Waals surface area contributed by atoms with Gasteiger partial charge >= 0.3 is 5.97 Å². The quantitative estimate of drug-likeness (QED) is 0.467. The van der Waals surface area contributed by atoms with Gasteiger partial charge in [0.1, 0.15) is 28.6 Å². The molecule has 2 aliphatic rings. The lowest BCUT2D eigenvalue weighted by atomic mass is 10.1. The van der Waals surface area contributed by atoms with E-state index < -0.39 is 5.97 Å². The number of hydrogen-bond donors (Lipinski definition) is 2. The molecular weight excluding hydrogens is 434 g/mol. The highest BCUT2D eigenvalue weighted by atomic mass is 35.5. The first-order valence-electron chi connectivity index (χ1n) is 9.78. The summed E-state index contributed by atoms with van der Waals surface area (Å²) >= 11 is 6.17. The normalized spacial score (nSPS) is 13.8. The molecule has 0 aliphatic carbocycles. The van der Waals surface area contributed by atoms with Gasteiger partial charge in [-0.3, -0.25) is 4.79 Å². The van der Waals surface area contributed by atoms with Gasteiger partial charge in [0.25, 0.3) is 5.91 Å². The summed E-state index contributed by atoms with van der Waals surface area (Å²) in [5.41, 5.74) is 2.41. The number of alkyl halides is 1. The number of aromatic amines is 1. The molecule has 1 amide bonds. The standard InChI is InChI=1S/C23H18ClN3O5/c1-31-12-3-4-16-11(7-12)8-17(25-16)22(29)27-6-5-13-14-9-18(23(30)32-2)26-19(14)21(28)15(10-24)20(13)27/h3-5,7-9,25,28H,6,10H2,1-2H3. The molecule has 2 aromatic carbocycles. The van der Waals surface area contributed by atoms with Gasteiger partial charge in [-0.2, -0.15) is 0 Å². The van der Waals surface area contributed by atoms with Crippen LogP contribution in [0.25, 0.3) is 23.1 Å². The summed E-state index contributed by atoms with van der Waals surface area (Å²) in [6, 6.07) is 7.26. The lowest BCUT2D eigenvalue weighted by Crippen LogP contribution is -2.34. The van der Waals surface area contributed by atoms with E-state index in [0.29, 0.717) is 33.1 Å². The Morgan fingerprint density at radius 1 is 1.25 bits per heavy atom. The van der Waals surface area contributed by atoms with Gasteiger partial charge in [0.2, 0.25) is 0 Å². The minimum Gasteiger partial charge on any atom is -0.505 e. The van der Waals surface area contributed by atoms with Gasteiger partial charge in [0.05, 0.1) is 25.8 Å². The molecular formula is C23H18ClN3O5. The molecule has 8 nitrogen and oxygen atoms in total. The number of methoxy groups -OCH3 is 2. The fraction of sp³-hybridized carbons (Fsp3) is 0.174. The summed E-state index contributed by atoms with van der Waals surface area (Å²) in [6.07, 6.45) is 3.41. The Balaban J connectivity index is 1.62. The number of anilines is 1. The third-order valence-electron chi connectivity index (χ3n) is 5.69. The number of phenolic OH excluding ortho intramolecular Hbond substituents is 1. The van der Waals surface area contributed by atoms with E-state index in [9.17, 15) is 14.7 Å². The summed E-state index contributed by atoms with van der Waals surface area (Å²) in [5.74, 6) is -0.378. The van der Waals surface area contributed by atoms with Crippen molar-refractivity contribution in [2.45, 2.75) is 5.88 Å². The molecule has 0 atom stereocenters. The Bertz CT molecular complexity index is 1470. The fourth-order valence-corrected chi connectivity index (χ4v) is 4.41. The maximum atomic E-state index is 13.4. The van der Waals surface area contributed by atoms with Gasteiger partial charge in [0, 0.05) is 33.4 Å². The van der Waals surface area contributed by atoms with Crippen LogP contribution in [0.1, 0.15) is 16.1 Å². The van der Waals surface area contributed by atoms with E-state index in [4.69, 9.17) is 21.1 Å². The fourth-order valence-electron chi connectivity index (χ4n) is 4.16. The zero-order valence-corrected chi connectivity index (χ0v) is 18.0. The van der Waals surface area contributed by atoms with Gasteiger partial charge in [-0.1, -0.05) is 6.08 Å². The zero-order valence-electron chi connectivity index (χ0n) is 17.2. The minimum absolute atomic E-state index is 0.0357. The van der Waals surface area contributed by atoms with Gasteiger partial charge in [0.15, 0.2) is 0 Å². The summed E-state index contributed by atoms with van der Waals surface area (Å²) in [6.45, 7) is 0.286. The number of phenols is 1. The Labute approximate surface area is 187 Å². The number of aromatic hydroxyl groups is 1. The number of carbonyl (C=O) groups is 2. The number of hydrogen-bond acceptors (Lipinski definition) is 6. The molecule has 0 saturated heterocycles. The molecule has 1 aromatic heterocycles. The lowest BCUT2D eigenvalue weighted by Gasteiger charge is -2.20. The third-order valence-corrected chi connectivity index (χ3v) is 5.96. The summed E-state index contributed by atoms with van der Waals surface area (Å²) in [5, 5.41) is 12.9. The number of rotatable bonds is 4. The molecule has 5 rings (SSSR count). The molecule has 2 aliphatic heterocycles. The Kier molecular flexibility index (Phi) is 4.67. The molecule has 9 heteroatoms. The number of nitrogens with zero attached hydrogens (tertiary/aromatic N) is 2. The second kappa shape index (κ2) is 7.42. The molecule has 0 spiro atoms. The van der Waals surface area contributed by atoms with Crippen LogP contribution in [-0.4, -0.2) is 48.4 Å². The third kappa shape index (κ3) is 2.87. The van der Waals surface area contributed by atoms with Gasteiger partial charge in [-0.15, -0.1) is 11.6 Å². The topological polar surface area (TPSA) is 104 Å². The monoisotopic (exact) mass is 451 g/mol. The first kappa shape index (κ1) is 20.1. The van der Waals surface area contributed by atoms with Crippen LogP contribution in [-0.2, 0) is 15.4 Å². The van der Waals surface area contributed by atoms with E-state index in [1.807, 2.05) is 24.3 Å². The highest BCUT2D eigenvalue weighted by Gasteiger charge is 2.31. The van der Waals surface area contributed by atoms with Crippen LogP contribution in [0.3, 0.4) is 0 Å². The van der Waals surface area contributed by atoms with E-state index in [1.165, 1.54) is 7.11 Å². The molecule has 162 valence electrons. The van der Waals surface area contributed by atoms with Crippen LogP contribution in [0.4, 0.5) is 11.4 Å². The van der Waals surface area contributed by atoms with Crippen molar-refractivity contribution >= 4 is 63.6 Å². The summed E-state index contributed by atoms with van der Waals surface area (Å²) in [7, 11) is 2.85. The maximum Gasteiger partial charge on any atom is 0.356 e. The molecule has 32 heavy (non-hydrogen) atoms. The minimum atomic E-state index is -0.610. The average molecular weight is 452 g/mol. The molecule has 0 radical (unpaired) electrons. The molecule has 0 unspecified atom stereocenters. The number of fused-ring (bicyclic) bond motifs is 4. The molecule has 0 saturated carbocycles. The number of carbonyl (C=O) groups excluding carboxylic acids is 2. The van der Waals surface area contributed by atoms with Crippen LogP contribution in [0.15, 0.2) is 29.3 Å². The lowest BCUT2D eigenvalue weighted by molar-refractivity contribution is -0.132. The largest absolute Gasteiger partial charge is 0.505 e. The van der Waals surface area contributed by atoms with Crippen LogP contribution >= 0.6 is 11.6 Å². The van der Waals surface area contributed by atoms with Crippen LogP contribution < -0.4 is 20.1 Å². The number of esters is 1. The number of ether oxygens (including phenoxy) is 2. The summed E-state index contributed by atoms with van der Waals surface area (Å²) in [4.78, 5) is 34.3. The molecule has 3 heterocycles. The van der Waals surface area contributed by atoms with Crippen LogP contribution in [0, 0.1) is 0 Å². The second-order valence-corrected chi connectivity index (χ2v) is 7.64. The Morgan fingerprint density at radius 2 is 2.06 bits per heavy atom. The number of aliphatic imine (C=N–C) groups is 1. The van der Waals surface area contributed by atoms with Gasteiger partial charge in [-0.05, 0) is 30.3 Å². The van der Waals surface area contributed by atoms with Crippen molar-refractivity contribution < 1.29 is 24.2 Å². The van der Waals surface area contributed by atoms with Crippen molar-refractivity contribution in [3.05, 3.63) is 46.0 Å². The SMILES string of the molecule is COC(=O)C1=Nc2c(O)c(CCl)c3c(c2=C1)=CCN3C(=O)c1cc2cc(OC)ccc2[nH]1. The molecule has 3 aromatic rings. The Morgan fingerprint density at radius 3 is 2.78 bits per heavy atom. The van der Waals surface area contributed by atoms with Gasteiger partial charge < -0.3 is 24.5 Å². The number of amides is 1. The summed E-state index contributed by atoms with van der Waals surface area (Å²) < 4.78 is 10.0.